The van der Waals surface area contributed by atoms with Crippen LogP contribution < -0.4 is 15.0 Å². The quantitative estimate of drug-likeness (QED) is 0.476. The lowest BCUT2D eigenvalue weighted by atomic mass is 10.2. The third kappa shape index (κ3) is 5.54. The van der Waals surface area contributed by atoms with Crippen LogP contribution in [-0.2, 0) is 4.74 Å². The van der Waals surface area contributed by atoms with Crippen molar-refractivity contribution < 1.29 is 37.1 Å². The highest BCUT2D eigenvalue weighted by Gasteiger charge is 2.38. The Hall–Kier alpha value is -3.65. The van der Waals surface area contributed by atoms with Crippen molar-refractivity contribution in [3.05, 3.63) is 41.4 Å². The summed E-state index contributed by atoms with van der Waals surface area (Å²) in [6.45, 7) is 3.22. The highest BCUT2D eigenvalue weighted by Crippen LogP contribution is 2.34. The largest absolute Gasteiger partial charge is 0.573 e. The van der Waals surface area contributed by atoms with Crippen LogP contribution in [0.1, 0.15) is 25.8 Å². The van der Waals surface area contributed by atoms with Gasteiger partial charge in [-0.15, -0.1) is 13.2 Å². The van der Waals surface area contributed by atoms with Gasteiger partial charge < -0.3 is 24.4 Å². The van der Waals surface area contributed by atoms with Gasteiger partial charge in [-0.3, -0.25) is 4.90 Å². The smallest absolute Gasteiger partial charge is 0.447 e. The van der Waals surface area contributed by atoms with Crippen LogP contribution in [0.2, 0.25) is 5.02 Å². The van der Waals surface area contributed by atoms with Gasteiger partial charge in [0.15, 0.2) is 0 Å². The van der Waals surface area contributed by atoms with Gasteiger partial charge in [-0.05, 0) is 38.1 Å². The molecular weight excluding hydrogens is 497 g/mol. The molecule has 4 rings (SSSR count). The van der Waals surface area contributed by atoms with Gasteiger partial charge in [-0.2, -0.15) is 9.97 Å². The molecule has 0 bridgehead atoms. The number of aliphatic hydroxyl groups excluding tert-OH is 1. The number of cyclic esters (lactones) is 1. The fourth-order valence-corrected chi connectivity index (χ4v) is 3.39. The molecule has 3 aromatic rings. The average molecular weight is 515 g/mol. The maximum Gasteiger partial charge on any atom is 0.573 e. The van der Waals surface area contributed by atoms with Crippen molar-refractivity contribution >= 4 is 29.5 Å². The minimum atomic E-state index is -4.92. The van der Waals surface area contributed by atoms with Crippen LogP contribution in [0.5, 0.6) is 5.75 Å². The van der Waals surface area contributed by atoms with E-state index in [0.29, 0.717) is 0 Å². The molecule has 0 aliphatic carbocycles. The van der Waals surface area contributed by atoms with E-state index in [2.05, 4.69) is 30.2 Å². The number of carbonyl (C=O) groups is 1. The molecule has 0 spiro atoms. The fourth-order valence-electron chi connectivity index (χ4n) is 3.24. The number of aliphatic hydroxyl groups is 1. The van der Waals surface area contributed by atoms with Crippen molar-refractivity contribution in [3.8, 4) is 17.1 Å². The zero-order valence-corrected chi connectivity index (χ0v) is 18.9. The van der Waals surface area contributed by atoms with Crippen LogP contribution in [0.25, 0.3) is 11.4 Å². The molecule has 3 heterocycles. The molecule has 186 valence electrons. The number of amides is 1. The summed E-state index contributed by atoms with van der Waals surface area (Å²) in [5, 5.41) is 16.4. The van der Waals surface area contributed by atoms with Gasteiger partial charge in [0.25, 0.3) is 0 Å². The summed E-state index contributed by atoms with van der Waals surface area (Å²) in [5.41, 5.74) is 0.186. The first kappa shape index (κ1) is 24.5. The molecule has 1 fully saturated rings. The maximum absolute atomic E-state index is 12.6. The molecule has 15 heteroatoms. The standard InChI is InChI=1S/C20H18ClF3N6O5/c1-9(26-18-25-6-5-15(27-18)30-13(10(2)31)8-33-19(30)32)17-28-16(29-35-17)11-3-4-12(21)14(7-11)34-20(22,23)24/h3-7,9-10,13,31H,8H2,1-2H3,(H,25,26,27)/t9?,10-,13-/m1/s1. The summed E-state index contributed by atoms with van der Waals surface area (Å²) >= 11 is 5.77. The summed E-state index contributed by atoms with van der Waals surface area (Å²) in [6.07, 6.45) is -5.00. The number of benzene rings is 1. The lowest BCUT2D eigenvalue weighted by molar-refractivity contribution is -0.274. The summed E-state index contributed by atoms with van der Waals surface area (Å²) in [4.78, 5) is 25.9. The van der Waals surface area contributed by atoms with Gasteiger partial charge in [0.1, 0.15) is 30.3 Å². The maximum atomic E-state index is 12.6. The number of alkyl halides is 3. The third-order valence-corrected chi connectivity index (χ3v) is 5.24. The second-order valence-electron chi connectivity index (χ2n) is 7.51. The number of aromatic nitrogens is 4. The Balaban J connectivity index is 1.50. The van der Waals surface area contributed by atoms with E-state index >= 15 is 0 Å². The summed E-state index contributed by atoms with van der Waals surface area (Å²) in [6, 6.07) is 3.94. The van der Waals surface area contributed by atoms with E-state index < -0.39 is 36.4 Å². The summed E-state index contributed by atoms with van der Waals surface area (Å²) < 4.78 is 51.9. The van der Waals surface area contributed by atoms with Crippen molar-refractivity contribution in [2.45, 2.75) is 38.4 Å². The van der Waals surface area contributed by atoms with E-state index in [1.165, 1.54) is 36.2 Å². The summed E-state index contributed by atoms with van der Waals surface area (Å²) in [7, 11) is 0. The molecule has 0 saturated carbocycles. The van der Waals surface area contributed by atoms with E-state index in [9.17, 15) is 23.1 Å². The fraction of sp³-hybridized carbons (Fsp3) is 0.350. The molecule has 1 saturated heterocycles. The zero-order chi connectivity index (χ0) is 25.3. The Kier molecular flexibility index (Phi) is 6.67. The second kappa shape index (κ2) is 9.54. The molecular formula is C20H18ClF3N6O5. The van der Waals surface area contributed by atoms with Gasteiger partial charge in [0.05, 0.1) is 11.1 Å². The van der Waals surface area contributed by atoms with E-state index in [0.717, 1.165) is 6.07 Å². The number of carbonyl (C=O) groups excluding carboxylic acids is 1. The number of ether oxygens (including phenoxy) is 2. The Labute approximate surface area is 200 Å². The Bertz CT molecular complexity index is 1220. The SMILES string of the molecule is CC(Nc1nccc(N2C(=O)OC[C@@H]2[C@@H](C)O)n1)c1nc(-c2ccc(Cl)c(OC(F)(F)F)c2)no1. The number of nitrogens with one attached hydrogen (secondary N) is 1. The number of anilines is 2. The van der Waals surface area contributed by atoms with Crippen LogP contribution >= 0.6 is 11.6 Å². The monoisotopic (exact) mass is 514 g/mol. The molecule has 1 aromatic carbocycles. The van der Waals surface area contributed by atoms with Gasteiger partial charge in [0, 0.05) is 11.8 Å². The first-order valence-corrected chi connectivity index (χ1v) is 10.5. The van der Waals surface area contributed by atoms with Crippen LogP contribution in [0.3, 0.4) is 0 Å². The van der Waals surface area contributed by atoms with Crippen LogP contribution in [-0.4, -0.2) is 56.4 Å². The number of halogens is 4. The normalized spacial score (nSPS) is 17.7. The van der Waals surface area contributed by atoms with Crippen LogP contribution in [0.15, 0.2) is 35.0 Å². The molecule has 2 N–H and O–H groups in total. The molecule has 1 amide bonds. The predicted molar refractivity (Wildman–Crippen MR) is 115 cm³/mol. The Morgan fingerprint density at radius 2 is 2.06 bits per heavy atom. The highest BCUT2D eigenvalue weighted by molar-refractivity contribution is 6.32. The van der Waals surface area contributed by atoms with Crippen LogP contribution in [0, 0.1) is 0 Å². The van der Waals surface area contributed by atoms with Crippen molar-refractivity contribution in [2.24, 2.45) is 0 Å². The average Bonchev–Trinajstić information content (AvgIpc) is 3.42. The highest BCUT2D eigenvalue weighted by atomic mass is 35.5. The number of hydrogen-bond donors (Lipinski definition) is 2. The summed E-state index contributed by atoms with van der Waals surface area (Å²) in [5.74, 6) is -0.176. The van der Waals surface area contributed by atoms with Gasteiger partial charge in [-0.1, -0.05) is 16.8 Å². The molecule has 1 aliphatic heterocycles. The molecule has 2 aromatic heterocycles. The third-order valence-electron chi connectivity index (χ3n) is 4.92. The zero-order valence-electron chi connectivity index (χ0n) is 18.2. The van der Waals surface area contributed by atoms with E-state index in [4.69, 9.17) is 20.9 Å². The molecule has 35 heavy (non-hydrogen) atoms. The van der Waals surface area contributed by atoms with Crippen molar-refractivity contribution in [1.82, 2.24) is 20.1 Å². The number of hydrogen-bond acceptors (Lipinski definition) is 10. The molecule has 3 atom stereocenters. The lowest BCUT2D eigenvalue weighted by Gasteiger charge is -2.22. The van der Waals surface area contributed by atoms with Gasteiger partial charge >= 0.3 is 12.5 Å². The van der Waals surface area contributed by atoms with E-state index in [-0.39, 0.29) is 40.7 Å². The minimum Gasteiger partial charge on any atom is -0.447 e. The van der Waals surface area contributed by atoms with Gasteiger partial charge in [0.2, 0.25) is 17.7 Å². The molecule has 1 unspecified atom stereocenters. The topological polar surface area (TPSA) is 136 Å². The minimum absolute atomic E-state index is 0.00611. The van der Waals surface area contributed by atoms with E-state index in [1.54, 1.807) is 6.92 Å². The lowest BCUT2D eigenvalue weighted by Crippen LogP contribution is -2.41. The molecule has 0 radical (unpaired) electrons. The second-order valence-corrected chi connectivity index (χ2v) is 7.92. The van der Waals surface area contributed by atoms with E-state index in [1.807, 2.05) is 0 Å². The first-order valence-electron chi connectivity index (χ1n) is 10.1. The van der Waals surface area contributed by atoms with Crippen LogP contribution in [0.4, 0.5) is 29.7 Å². The number of nitrogens with zero attached hydrogens (tertiary/aromatic N) is 5. The molecule has 11 nitrogen and oxygen atoms in total. The first-order chi connectivity index (χ1) is 16.5. The van der Waals surface area contributed by atoms with Gasteiger partial charge in [-0.25, -0.2) is 9.78 Å². The Morgan fingerprint density at radius 1 is 1.29 bits per heavy atom. The molecule has 1 aliphatic rings. The predicted octanol–water partition coefficient (Wildman–Crippen LogP) is 3.96. The van der Waals surface area contributed by atoms with Crippen molar-refractivity contribution in [3.63, 3.8) is 0 Å². The van der Waals surface area contributed by atoms with Crippen molar-refractivity contribution in [1.29, 1.82) is 0 Å². The number of rotatable bonds is 7. The Morgan fingerprint density at radius 3 is 2.77 bits per heavy atom. The van der Waals surface area contributed by atoms with Crippen molar-refractivity contribution in [2.75, 3.05) is 16.8 Å².